The van der Waals surface area contributed by atoms with Crippen LogP contribution in [0.2, 0.25) is 0 Å². The minimum absolute atomic E-state index is 0.720. The Bertz CT molecular complexity index is 290. The van der Waals surface area contributed by atoms with E-state index in [1.165, 1.54) is 0 Å². The molecule has 0 fully saturated rings. The molecule has 0 spiro atoms. The SMILES string of the molecule is CCn1cc(C#CCNC)cn1. The van der Waals surface area contributed by atoms with Gasteiger partial charge in [-0.05, 0) is 14.0 Å². The van der Waals surface area contributed by atoms with Crippen molar-refractivity contribution in [2.75, 3.05) is 13.6 Å². The molecule has 0 aromatic carbocycles. The van der Waals surface area contributed by atoms with Crippen LogP contribution in [-0.2, 0) is 6.54 Å². The number of rotatable bonds is 2. The van der Waals surface area contributed by atoms with Crippen molar-refractivity contribution >= 4 is 0 Å². The van der Waals surface area contributed by atoms with Crippen LogP contribution in [-0.4, -0.2) is 23.4 Å². The van der Waals surface area contributed by atoms with Gasteiger partial charge in [-0.25, -0.2) is 0 Å². The van der Waals surface area contributed by atoms with E-state index in [0.29, 0.717) is 0 Å². The maximum atomic E-state index is 4.11. The Hall–Kier alpha value is -1.27. The summed E-state index contributed by atoms with van der Waals surface area (Å²) in [5.41, 5.74) is 0.979. The molecule has 3 nitrogen and oxygen atoms in total. The number of aryl methyl sites for hydroxylation is 1. The lowest BCUT2D eigenvalue weighted by Gasteiger charge is -1.88. The van der Waals surface area contributed by atoms with E-state index < -0.39 is 0 Å². The predicted octanol–water partition coefficient (Wildman–Crippen LogP) is 0.474. The second kappa shape index (κ2) is 4.58. The van der Waals surface area contributed by atoms with Crippen molar-refractivity contribution < 1.29 is 0 Å². The first-order valence-electron chi connectivity index (χ1n) is 4.02. The highest BCUT2D eigenvalue weighted by Crippen LogP contribution is 1.93. The average Bonchev–Trinajstić information content (AvgIpc) is 2.53. The number of nitrogens with one attached hydrogen (secondary N) is 1. The summed E-state index contributed by atoms with van der Waals surface area (Å²) in [5, 5.41) is 7.07. The van der Waals surface area contributed by atoms with Crippen LogP contribution in [0.15, 0.2) is 12.4 Å². The third-order valence-corrected chi connectivity index (χ3v) is 1.46. The Morgan fingerprint density at radius 2 is 2.50 bits per heavy atom. The average molecular weight is 163 g/mol. The molecule has 0 saturated heterocycles. The van der Waals surface area contributed by atoms with Crippen molar-refractivity contribution in [1.82, 2.24) is 15.1 Å². The van der Waals surface area contributed by atoms with Gasteiger partial charge >= 0.3 is 0 Å². The van der Waals surface area contributed by atoms with Crippen LogP contribution in [0.3, 0.4) is 0 Å². The van der Waals surface area contributed by atoms with Gasteiger partial charge in [-0.2, -0.15) is 5.10 Å². The Balaban J connectivity index is 2.59. The molecular formula is C9H13N3. The predicted molar refractivity (Wildman–Crippen MR) is 48.7 cm³/mol. The van der Waals surface area contributed by atoms with Crippen molar-refractivity contribution in [2.24, 2.45) is 0 Å². The van der Waals surface area contributed by atoms with Crippen LogP contribution in [0, 0.1) is 11.8 Å². The van der Waals surface area contributed by atoms with Crippen LogP contribution in [0.25, 0.3) is 0 Å². The fraction of sp³-hybridized carbons (Fsp3) is 0.444. The van der Waals surface area contributed by atoms with Gasteiger partial charge in [0.05, 0.1) is 18.3 Å². The smallest absolute Gasteiger partial charge is 0.0646 e. The maximum absolute atomic E-state index is 4.11. The second-order valence-electron chi connectivity index (χ2n) is 2.42. The molecule has 3 heteroatoms. The van der Waals surface area contributed by atoms with E-state index in [9.17, 15) is 0 Å². The zero-order valence-electron chi connectivity index (χ0n) is 7.46. The molecule has 0 aliphatic carbocycles. The molecule has 1 aromatic rings. The Kier molecular flexibility index (Phi) is 3.36. The lowest BCUT2D eigenvalue weighted by molar-refractivity contribution is 0.660. The largest absolute Gasteiger partial charge is 0.309 e. The monoisotopic (exact) mass is 163 g/mol. The molecule has 0 aliphatic heterocycles. The highest BCUT2D eigenvalue weighted by molar-refractivity contribution is 5.29. The van der Waals surface area contributed by atoms with E-state index in [1.807, 2.05) is 17.9 Å². The van der Waals surface area contributed by atoms with Gasteiger partial charge in [0.25, 0.3) is 0 Å². The van der Waals surface area contributed by atoms with Crippen LogP contribution in [0.5, 0.6) is 0 Å². The molecule has 64 valence electrons. The summed E-state index contributed by atoms with van der Waals surface area (Å²) in [6.07, 6.45) is 3.73. The lowest BCUT2D eigenvalue weighted by Crippen LogP contribution is -2.04. The molecule has 1 heterocycles. The number of hydrogen-bond donors (Lipinski definition) is 1. The summed E-state index contributed by atoms with van der Waals surface area (Å²) >= 11 is 0. The standard InChI is InChI=1S/C9H13N3/c1-3-12-8-9(7-11-12)5-4-6-10-2/h7-8,10H,3,6H2,1-2H3. The highest BCUT2D eigenvalue weighted by Gasteiger charge is 1.90. The van der Waals surface area contributed by atoms with Gasteiger partial charge < -0.3 is 5.32 Å². The van der Waals surface area contributed by atoms with Gasteiger partial charge in [-0.15, -0.1) is 0 Å². The quantitative estimate of drug-likeness (QED) is 0.642. The first-order valence-corrected chi connectivity index (χ1v) is 4.02. The zero-order valence-corrected chi connectivity index (χ0v) is 7.46. The van der Waals surface area contributed by atoms with E-state index in [1.54, 1.807) is 6.20 Å². The highest BCUT2D eigenvalue weighted by atomic mass is 15.3. The Morgan fingerprint density at radius 1 is 1.67 bits per heavy atom. The lowest BCUT2D eigenvalue weighted by atomic mass is 10.3. The summed E-state index contributed by atoms with van der Waals surface area (Å²) in [4.78, 5) is 0. The minimum Gasteiger partial charge on any atom is -0.309 e. The first-order chi connectivity index (χ1) is 5.86. The number of nitrogens with zero attached hydrogens (tertiary/aromatic N) is 2. The summed E-state index contributed by atoms with van der Waals surface area (Å²) < 4.78 is 1.86. The second-order valence-corrected chi connectivity index (χ2v) is 2.42. The summed E-state index contributed by atoms with van der Waals surface area (Å²) in [6, 6.07) is 0. The van der Waals surface area contributed by atoms with Gasteiger partial charge in [0.15, 0.2) is 0 Å². The van der Waals surface area contributed by atoms with E-state index in [4.69, 9.17) is 0 Å². The molecular weight excluding hydrogens is 150 g/mol. The van der Waals surface area contributed by atoms with Crippen LogP contribution in [0.4, 0.5) is 0 Å². The van der Waals surface area contributed by atoms with Gasteiger partial charge in [0, 0.05) is 12.7 Å². The summed E-state index contributed by atoms with van der Waals surface area (Å²) in [6.45, 7) is 3.67. The van der Waals surface area contributed by atoms with Crippen molar-refractivity contribution in [1.29, 1.82) is 0 Å². The molecule has 0 bridgehead atoms. The molecule has 1 rings (SSSR count). The molecule has 0 saturated carbocycles. The van der Waals surface area contributed by atoms with Gasteiger partial charge in [0.1, 0.15) is 0 Å². The van der Waals surface area contributed by atoms with Crippen LogP contribution < -0.4 is 5.32 Å². The molecule has 0 radical (unpaired) electrons. The molecule has 12 heavy (non-hydrogen) atoms. The Morgan fingerprint density at radius 3 is 3.08 bits per heavy atom. The molecule has 0 amide bonds. The third kappa shape index (κ3) is 2.40. The van der Waals surface area contributed by atoms with Gasteiger partial charge in [-0.1, -0.05) is 11.8 Å². The topological polar surface area (TPSA) is 29.9 Å². The van der Waals surface area contributed by atoms with Gasteiger partial charge in [0.2, 0.25) is 0 Å². The molecule has 1 N–H and O–H groups in total. The normalized spacial score (nSPS) is 9.17. The summed E-state index contributed by atoms with van der Waals surface area (Å²) in [7, 11) is 1.88. The fourth-order valence-corrected chi connectivity index (χ4v) is 0.836. The molecule has 0 unspecified atom stereocenters. The van der Waals surface area contributed by atoms with Crippen LogP contribution >= 0.6 is 0 Å². The van der Waals surface area contributed by atoms with E-state index in [-0.39, 0.29) is 0 Å². The maximum Gasteiger partial charge on any atom is 0.0646 e. The minimum atomic E-state index is 0.720. The number of hydrogen-bond acceptors (Lipinski definition) is 2. The third-order valence-electron chi connectivity index (χ3n) is 1.46. The van der Waals surface area contributed by atoms with Crippen molar-refractivity contribution in [3.05, 3.63) is 18.0 Å². The Labute approximate surface area is 72.8 Å². The van der Waals surface area contributed by atoms with E-state index >= 15 is 0 Å². The van der Waals surface area contributed by atoms with Crippen molar-refractivity contribution in [3.8, 4) is 11.8 Å². The van der Waals surface area contributed by atoms with E-state index in [0.717, 1.165) is 18.7 Å². The van der Waals surface area contributed by atoms with Crippen LogP contribution in [0.1, 0.15) is 12.5 Å². The summed E-state index contributed by atoms with van der Waals surface area (Å²) in [5.74, 6) is 5.98. The molecule has 0 aliphatic rings. The molecule has 1 aromatic heterocycles. The zero-order chi connectivity index (χ0) is 8.81. The molecule has 0 atom stereocenters. The van der Waals surface area contributed by atoms with Gasteiger partial charge in [-0.3, -0.25) is 4.68 Å². The van der Waals surface area contributed by atoms with Crippen molar-refractivity contribution in [2.45, 2.75) is 13.5 Å². The van der Waals surface area contributed by atoms with E-state index in [2.05, 4.69) is 29.2 Å². The first kappa shape index (κ1) is 8.82. The van der Waals surface area contributed by atoms with Crippen molar-refractivity contribution in [3.63, 3.8) is 0 Å². The number of aromatic nitrogens is 2. The fourth-order valence-electron chi connectivity index (χ4n) is 0.836.